The van der Waals surface area contributed by atoms with Gasteiger partial charge in [0.15, 0.2) is 0 Å². The summed E-state index contributed by atoms with van der Waals surface area (Å²) < 4.78 is 32.4. The van der Waals surface area contributed by atoms with Crippen molar-refractivity contribution in [3.05, 3.63) is 29.8 Å². The average molecular weight is 297 g/mol. The van der Waals surface area contributed by atoms with E-state index in [1.54, 1.807) is 0 Å². The number of sulfonamides is 1. The summed E-state index contributed by atoms with van der Waals surface area (Å²) in [6.07, 6.45) is 4.52. The first-order valence-corrected chi connectivity index (χ1v) is 8.85. The molecule has 2 rings (SSSR count). The Morgan fingerprint density at radius 2 is 1.85 bits per heavy atom. The molecule has 5 heteroatoms. The molecule has 1 saturated heterocycles. The Balaban J connectivity index is 1.98. The van der Waals surface area contributed by atoms with Crippen LogP contribution in [0.4, 0.5) is 5.69 Å². The minimum Gasteiger partial charge on any atom is -0.381 e. The predicted molar refractivity (Wildman–Crippen MR) is 81.4 cm³/mol. The molecule has 1 aromatic carbocycles. The highest BCUT2D eigenvalue weighted by Crippen LogP contribution is 2.20. The molecule has 112 valence electrons. The standard InChI is InChI=1S/C15H23NO3S/c1-2-3-4-13-5-7-14(8-6-13)16-20(17,18)15-9-11-19-12-10-15/h5-8,15-16H,2-4,9-12H2,1H3. The summed E-state index contributed by atoms with van der Waals surface area (Å²) in [4.78, 5) is 0. The van der Waals surface area contributed by atoms with Gasteiger partial charge >= 0.3 is 0 Å². The molecule has 1 heterocycles. The van der Waals surface area contributed by atoms with Gasteiger partial charge in [0, 0.05) is 18.9 Å². The third-order valence-electron chi connectivity index (χ3n) is 3.64. The summed E-state index contributed by atoms with van der Waals surface area (Å²) in [7, 11) is -3.30. The van der Waals surface area contributed by atoms with Gasteiger partial charge in [-0.05, 0) is 43.4 Å². The van der Waals surface area contributed by atoms with Crippen LogP contribution in [-0.2, 0) is 21.2 Å². The van der Waals surface area contributed by atoms with Crippen LogP contribution in [0.1, 0.15) is 38.2 Å². The van der Waals surface area contributed by atoms with Gasteiger partial charge in [0.2, 0.25) is 10.0 Å². The Labute approximate surface area is 121 Å². The van der Waals surface area contributed by atoms with Gasteiger partial charge in [0.25, 0.3) is 0 Å². The highest BCUT2D eigenvalue weighted by Gasteiger charge is 2.27. The van der Waals surface area contributed by atoms with E-state index >= 15 is 0 Å². The maximum atomic E-state index is 12.2. The Morgan fingerprint density at radius 1 is 1.20 bits per heavy atom. The molecule has 0 atom stereocenters. The van der Waals surface area contributed by atoms with Crippen molar-refractivity contribution < 1.29 is 13.2 Å². The van der Waals surface area contributed by atoms with Crippen molar-refractivity contribution in [3.8, 4) is 0 Å². The van der Waals surface area contributed by atoms with Gasteiger partial charge in [-0.2, -0.15) is 0 Å². The number of unbranched alkanes of at least 4 members (excludes halogenated alkanes) is 1. The second-order valence-electron chi connectivity index (χ2n) is 5.26. The molecule has 0 saturated carbocycles. The molecule has 1 aliphatic heterocycles. The SMILES string of the molecule is CCCCc1ccc(NS(=O)(=O)C2CCOCC2)cc1. The van der Waals surface area contributed by atoms with Crippen LogP contribution >= 0.6 is 0 Å². The van der Waals surface area contributed by atoms with Gasteiger partial charge in [-0.3, -0.25) is 4.72 Å². The lowest BCUT2D eigenvalue weighted by Crippen LogP contribution is -2.33. The smallest absolute Gasteiger partial charge is 0.235 e. The Bertz CT molecular complexity index is 504. The van der Waals surface area contributed by atoms with Gasteiger partial charge in [0.1, 0.15) is 0 Å². The fourth-order valence-electron chi connectivity index (χ4n) is 2.35. The molecule has 1 aromatic rings. The Morgan fingerprint density at radius 3 is 2.45 bits per heavy atom. The van der Waals surface area contributed by atoms with Crippen LogP contribution in [0.5, 0.6) is 0 Å². The Kier molecular flexibility index (Phi) is 5.43. The minimum absolute atomic E-state index is 0.337. The number of aryl methyl sites for hydroxylation is 1. The number of hydrogen-bond donors (Lipinski definition) is 1. The first kappa shape index (κ1) is 15.3. The number of nitrogens with one attached hydrogen (secondary N) is 1. The monoisotopic (exact) mass is 297 g/mol. The van der Waals surface area contributed by atoms with Crippen LogP contribution in [0.15, 0.2) is 24.3 Å². The number of ether oxygens (including phenoxy) is 1. The van der Waals surface area contributed by atoms with Gasteiger partial charge < -0.3 is 4.74 Å². The average Bonchev–Trinajstić information content (AvgIpc) is 2.47. The summed E-state index contributed by atoms with van der Waals surface area (Å²) in [6, 6.07) is 7.69. The number of benzene rings is 1. The van der Waals surface area contributed by atoms with Crippen molar-refractivity contribution in [1.29, 1.82) is 0 Å². The topological polar surface area (TPSA) is 55.4 Å². The lowest BCUT2D eigenvalue weighted by atomic mass is 10.1. The van der Waals surface area contributed by atoms with Gasteiger partial charge in [0.05, 0.1) is 5.25 Å². The second kappa shape index (κ2) is 7.09. The fourth-order valence-corrected chi connectivity index (χ4v) is 3.80. The van der Waals surface area contributed by atoms with E-state index in [9.17, 15) is 8.42 Å². The van der Waals surface area contributed by atoms with E-state index in [0.29, 0.717) is 31.7 Å². The first-order chi connectivity index (χ1) is 9.62. The molecular weight excluding hydrogens is 274 g/mol. The maximum absolute atomic E-state index is 12.2. The van der Waals surface area contributed by atoms with Gasteiger partial charge in [-0.25, -0.2) is 8.42 Å². The van der Waals surface area contributed by atoms with Crippen molar-refractivity contribution in [2.45, 2.75) is 44.3 Å². The van der Waals surface area contributed by atoms with Crippen molar-refractivity contribution in [2.75, 3.05) is 17.9 Å². The molecule has 1 fully saturated rings. The third-order valence-corrected chi connectivity index (χ3v) is 5.51. The summed E-state index contributed by atoms with van der Waals surface area (Å²) in [5.74, 6) is 0. The van der Waals surface area contributed by atoms with Crippen LogP contribution < -0.4 is 4.72 Å². The molecule has 0 aromatic heterocycles. The Hall–Kier alpha value is -1.07. The van der Waals surface area contributed by atoms with Crippen LogP contribution in [0.2, 0.25) is 0 Å². The number of hydrogen-bond acceptors (Lipinski definition) is 3. The molecule has 1 N–H and O–H groups in total. The highest BCUT2D eigenvalue weighted by molar-refractivity contribution is 7.93. The zero-order valence-electron chi connectivity index (χ0n) is 12.0. The number of rotatable bonds is 6. The number of anilines is 1. The quantitative estimate of drug-likeness (QED) is 0.878. The molecule has 0 amide bonds. The van der Waals surface area contributed by atoms with Crippen molar-refractivity contribution >= 4 is 15.7 Å². The minimum atomic E-state index is -3.30. The second-order valence-corrected chi connectivity index (χ2v) is 7.22. The van der Waals surface area contributed by atoms with Crippen molar-refractivity contribution in [1.82, 2.24) is 0 Å². The van der Waals surface area contributed by atoms with E-state index in [2.05, 4.69) is 11.6 Å². The highest BCUT2D eigenvalue weighted by atomic mass is 32.2. The van der Waals surface area contributed by atoms with E-state index < -0.39 is 10.0 Å². The lowest BCUT2D eigenvalue weighted by molar-refractivity contribution is 0.0984. The summed E-state index contributed by atoms with van der Waals surface area (Å²) >= 11 is 0. The summed E-state index contributed by atoms with van der Waals surface area (Å²) in [5.41, 5.74) is 1.90. The molecule has 0 aliphatic carbocycles. The summed E-state index contributed by atoms with van der Waals surface area (Å²) in [6.45, 7) is 3.22. The molecule has 4 nitrogen and oxygen atoms in total. The van der Waals surface area contributed by atoms with E-state index in [1.165, 1.54) is 5.56 Å². The van der Waals surface area contributed by atoms with E-state index in [1.807, 2.05) is 24.3 Å². The van der Waals surface area contributed by atoms with Crippen LogP contribution in [0.25, 0.3) is 0 Å². The largest absolute Gasteiger partial charge is 0.381 e. The molecule has 0 spiro atoms. The third kappa shape index (κ3) is 4.21. The lowest BCUT2D eigenvalue weighted by Gasteiger charge is -2.22. The molecule has 0 radical (unpaired) electrons. The van der Waals surface area contributed by atoms with Crippen LogP contribution in [-0.4, -0.2) is 26.9 Å². The van der Waals surface area contributed by atoms with E-state index in [0.717, 1.165) is 19.3 Å². The van der Waals surface area contributed by atoms with Gasteiger partial charge in [-0.1, -0.05) is 25.5 Å². The zero-order valence-corrected chi connectivity index (χ0v) is 12.8. The molecular formula is C15H23NO3S. The summed E-state index contributed by atoms with van der Waals surface area (Å²) in [5, 5.41) is -0.337. The molecule has 20 heavy (non-hydrogen) atoms. The van der Waals surface area contributed by atoms with E-state index in [-0.39, 0.29) is 5.25 Å². The molecule has 0 unspecified atom stereocenters. The predicted octanol–water partition coefficient (Wildman–Crippen LogP) is 2.95. The van der Waals surface area contributed by atoms with E-state index in [4.69, 9.17) is 4.74 Å². The maximum Gasteiger partial charge on any atom is 0.235 e. The molecule has 0 bridgehead atoms. The zero-order chi connectivity index (χ0) is 14.4. The van der Waals surface area contributed by atoms with Gasteiger partial charge in [-0.15, -0.1) is 0 Å². The van der Waals surface area contributed by atoms with Crippen LogP contribution in [0, 0.1) is 0 Å². The molecule has 1 aliphatic rings. The first-order valence-electron chi connectivity index (χ1n) is 7.30. The normalized spacial score (nSPS) is 17.1. The van der Waals surface area contributed by atoms with Crippen molar-refractivity contribution in [3.63, 3.8) is 0 Å². The fraction of sp³-hybridized carbons (Fsp3) is 0.600. The van der Waals surface area contributed by atoms with Crippen molar-refractivity contribution in [2.24, 2.45) is 0 Å². The van der Waals surface area contributed by atoms with Crippen LogP contribution in [0.3, 0.4) is 0 Å².